The summed E-state index contributed by atoms with van der Waals surface area (Å²) in [5.41, 5.74) is 3.63. The summed E-state index contributed by atoms with van der Waals surface area (Å²) in [6.45, 7) is 3.72. The average molecular weight is 337 g/mol. The Hall–Kier alpha value is -3.15. The molecule has 0 radical (unpaired) electrons. The lowest BCUT2D eigenvalue weighted by molar-refractivity contribution is -0.139. The summed E-state index contributed by atoms with van der Waals surface area (Å²) in [6.07, 6.45) is 3.48. The third-order valence-electron chi connectivity index (χ3n) is 3.98. The minimum Gasteiger partial charge on any atom is -0.463 e. The molecule has 0 saturated heterocycles. The number of rotatable bonds is 4. The quantitative estimate of drug-likeness (QED) is 0.841. The number of carbonyl (C=O) groups is 2. The Morgan fingerprint density at radius 3 is 2.76 bits per heavy atom. The molecule has 1 aromatic carbocycles. The van der Waals surface area contributed by atoms with Crippen molar-refractivity contribution in [3.8, 4) is 11.1 Å². The van der Waals surface area contributed by atoms with E-state index in [2.05, 4.69) is 15.6 Å². The van der Waals surface area contributed by atoms with Gasteiger partial charge in [0.2, 0.25) is 0 Å². The van der Waals surface area contributed by atoms with Gasteiger partial charge in [-0.15, -0.1) is 0 Å². The van der Waals surface area contributed by atoms with Crippen LogP contribution in [0.25, 0.3) is 11.1 Å². The van der Waals surface area contributed by atoms with Gasteiger partial charge in [-0.2, -0.15) is 0 Å². The Morgan fingerprint density at radius 2 is 2.04 bits per heavy atom. The first kappa shape index (κ1) is 16.7. The second kappa shape index (κ2) is 7.17. The summed E-state index contributed by atoms with van der Waals surface area (Å²) in [6, 6.07) is 10.6. The van der Waals surface area contributed by atoms with Gasteiger partial charge in [0.1, 0.15) is 0 Å². The fraction of sp³-hybridized carbons (Fsp3) is 0.211. The molecular weight excluding hydrogens is 318 g/mol. The molecule has 1 aliphatic rings. The number of nitrogens with one attached hydrogen (secondary N) is 2. The highest BCUT2D eigenvalue weighted by Crippen LogP contribution is 2.30. The first-order valence-electron chi connectivity index (χ1n) is 8.06. The van der Waals surface area contributed by atoms with Crippen LogP contribution in [-0.4, -0.2) is 23.6 Å². The number of ether oxygens (including phenoxy) is 1. The fourth-order valence-corrected chi connectivity index (χ4v) is 2.85. The molecule has 2 aromatic rings. The summed E-state index contributed by atoms with van der Waals surface area (Å²) in [5, 5.41) is 5.44. The Balaban J connectivity index is 2.03. The number of benzene rings is 1. The van der Waals surface area contributed by atoms with Gasteiger partial charge in [-0.1, -0.05) is 24.3 Å². The van der Waals surface area contributed by atoms with Gasteiger partial charge in [-0.05, 0) is 42.7 Å². The van der Waals surface area contributed by atoms with Gasteiger partial charge in [-0.3, -0.25) is 4.98 Å². The lowest BCUT2D eigenvalue weighted by Crippen LogP contribution is -2.45. The Bertz CT molecular complexity index is 831. The van der Waals surface area contributed by atoms with E-state index in [1.54, 1.807) is 26.2 Å². The second-order valence-corrected chi connectivity index (χ2v) is 5.66. The van der Waals surface area contributed by atoms with E-state index in [0.29, 0.717) is 11.3 Å². The standard InChI is InChI=1S/C19H19N3O3/c1-3-25-18(23)16-12(2)21-19(24)22-17(16)14-7-4-6-13(10-14)15-8-5-9-20-11-15/h4-11,17H,3H2,1-2H3,(H2,21,22,24). The summed E-state index contributed by atoms with van der Waals surface area (Å²) in [4.78, 5) is 28.4. The first-order valence-corrected chi connectivity index (χ1v) is 8.06. The van der Waals surface area contributed by atoms with E-state index in [9.17, 15) is 9.59 Å². The Morgan fingerprint density at radius 1 is 1.24 bits per heavy atom. The molecule has 3 rings (SSSR count). The van der Waals surface area contributed by atoms with Crippen molar-refractivity contribution < 1.29 is 14.3 Å². The SMILES string of the molecule is CCOC(=O)C1=C(C)NC(=O)NC1c1cccc(-c2cccnc2)c1. The van der Waals surface area contributed by atoms with Gasteiger partial charge in [0.15, 0.2) is 0 Å². The van der Waals surface area contributed by atoms with Gasteiger partial charge in [-0.25, -0.2) is 9.59 Å². The average Bonchev–Trinajstić information content (AvgIpc) is 2.62. The Labute approximate surface area is 145 Å². The normalized spacial score (nSPS) is 16.9. The number of urea groups is 1. The van der Waals surface area contributed by atoms with Crippen molar-refractivity contribution in [3.63, 3.8) is 0 Å². The Kier molecular flexibility index (Phi) is 4.79. The molecule has 0 spiro atoms. The fourth-order valence-electron chi connectivity index (χ4n) is 2.85. The maximum atomic E-state index is 12.4. The molecule has 0 bridgehead atoms. The van der Waals surface area contributed by atoms with Gasteiger partial charge >= 0.3 is 12.0 Å². The molecule has 0 aliphatic carbocycles. The van der Waals surface area contributed by atoms with Crippen LogP contribution >= 0.6 is 0 Å². The van der Waals surface area contributed by atoms with Gasteiger partial charge in [0.05, 0.1) is 18.2 Å². The van der Waals surface area contributed by atoms with Crippen molar-refractivity contribution in [2.45, 2.75) is 19.9 Å². The van der Waals surface area contributed by atoms with Crippen molar-refractivity contribution in [1.29, 1.82) is 0 Å². The van der Waals surface area contributed by atoms with Crippen LogP contribution in [0.4, 0.5) is 4.79 Å². The molecule has 6 nitrogen and oxygen atoms in total. The predicted octanol–water partition coefficient (Wildman–Crippen LogP) is 2.94. The molecule has 2 N–H and O–H groups in total. The zero-order valence-electron chi connectivity index (χ0n) is 14.1. The third-order valence-corrected chi connectivity index (χ3v) is 3.98. The van der Waals surface area contributed by atoms with E-state index in [0.717, 1.165) is 16.7 Å². The highest BCUT2D eigenvalue weighted by atomic mass is 16.5. The predicted molar refractivity (Wildman–Crippen MR) is 93.4 cm³/mol. The molecular formula is C19H19N3O3. The first-order chi connectivity index (χ1) is 12.1. The van der Waals surface area contributed by atoms with E-state index in [-0.39, 0.29) is 12.6 Å². The van der Waals surface area contributed by atoms with Crippen LogP contribution in [0.2, 0.25) is 0 Å². The van der Waals surface area contributed by atoms with E-state index in [1.807, 2.05) is 36.4 Å². The monoisotopic (exact) mass is 337 g/mol. The lowest BCUT2D eigenvalue weighted by atomic mass is 9.93. The van der Waals surface area contributed by atoms with Crippen molar-refractivity contribution in [3.05, 3.63) is 65.6 Å². The van der Waals surface area contributed by atoms with E-state index < -0.39 is 12.0 Å². The van der Waals surface area contributed by atoms with Crippen LogP contribution in [-0.2, 0) is 9.53 Å². The molecule has 2 amide bonds. The number of allylic oxidation sites excluding steroid dienone is 1. The van der Waals surface area contributed by atoms with Crippen LogP contribution in [0.3, 0.4) is 0 Å². The molecule has 1 unspecified atom stereocenters. The maximum Gasteiger partial charge on any atom is 0.338 e. The molecule has 1 aromatic heterocycles. The lowest BCUT2D eigenvalue weighted by Gasteiger charge is -2.28. The highest BCUT2D eigenvalue weighted by Gasteiger charge is 2.32. The molecule has 128 valence electrons. The number of nitrogens with zero attached hydrogens (tertiary/aromatic N) is 1. The van der Waals surface area contributed by atoms with Gasteiger partial charge in [0.25, 0.3) is 0 Å². The molecule has 6 heteroatoms. The smallest absolute Gasteiger partial charge is 0.338 e. The summed E-state index contributed by atoms with van der Waals surface area (Å²) < 4.78 is 5.16. The number of hydrogen-bond donors (Lipinski definition) is 2. The molecule has 0 fully saturated rings. The van der Waals surface area contributed by atoms with E-state index >= 15 is 0 Å². The van der Waals surface area contributed by atoms with Crippen molar-refractivity contribution in [2.75, 3.05) is 6.61 Å². The zero-order valence-corrected chi connectivity index (χ0v) is 14.1. The molecule has 2 heterocycles. The topological polar surface area (TPSA) is 80.3 Å². The van der Waals surface area contributed by atoms with Crippen LogP contribution < -0.4 is 10.6 Å². The number of amides is 2. The van der Waals surface area contributed by atoms with Crippen molar-refractivity contribution >= 4 is 12.0 Å². The summed E-state index contributed by atoms with van der Waals surface area (Å²) in [5.74, 6) is -0.440. The second-order valence-electron chi connectivity index (χ2n) is 5.66. The maximum absolute atomic E-state index is 12.4. The van der Waals surface area contributed by atoms with Crippen LogP contribution in [0.1, 0.15) is 25.5 Å². The van der Waals surface area contributed by atoms with Gasteiger partial charge in [0, 0.05) is 18.1 Å². The molecule has 1 aliphatic heterocycles. The summed E-state index contributed by atoms with van der Waals surface area (Å²) >= 11 is 0. The largest absolute Gasteiger partial charge is 0.463 e. The van der Waals surface area contributed by atoms with Crippen LogP contribution in [0.5, 0.6) is 0 Å². The molecule has 0 saturated carbocycles. The van der Waals surface area contributed by atoms with Gasteiger partial charge < -0.3 is 15.4 Å². The molecule has 25 heavy (non-hydrogen) atoms. The highest BCUT2D eigenvalue weighted by molar-refractivity contribution is 5.95. The van der Waals surface area contributed by atoms with E-state index in [4.69, 9.17) is 4.74 Å². The van der Waals surface area contributed by atoms with Crippen LogP contribution in [0.15, 0.2) is 60.1 Å². The minimum absolute atomic E-state index is 0.270. The number of esters is 1. The number of carbonyl (C=O) groups excluding carboxylic acids is 2. The van der Waals surface area contributed by atoms with Crippen molar-refractivity contribution in [2.24, 2.45) is 0 Å². The summed E-state index contributed by atoms with van der Waals surface area (Å²) in [7, 11) is 0. The minimum atomic E-state index is -0.565. The number of hydrogen-bond acceptors (Lipinski definition) is 4. The third kappa shape index (κ3) is 3.52. The van der Waals surface area contributed by atoms with E-state index in [1.165, 1.54) is 0 Å². The van der Waals surface area contributed by atoms with Crippen LogP contribution in [0, 0.1) is 0 Å². The zero-order chi connectivity index (χ0) is 17.8. The number of pyridine rings is 1. The van der Waals surface area contributed by atoms with Crippen molar-refractivity contribution in [1.82, 2.24) is 15.6 Å². The molecule has 1 atom stereocenters. The number of aromatic nitrogens is 1.